The molecule has 15 aliphatic heterocycles. The van der Waals surface area contributed by atoms with E-state index in [0.29, 0.717) is 25.8 Å². The van der Waals surface area contributed by atoms with Gasteiger partial charge in [0.2, 0.25) is 0 Å². The largest absolute Gasteiger partial charge is 0.394 e. The Bertz CT molecular complexity index is 1940. The summed E-state index contributed by atoms with van der Waals surface area (Å²) in [4.78, 5) is 0. The first kappa shape index (κ1) is 67.5. The highest BCUT2D eigenvalue weighted by molar-refractivity contribution is 5.02. The minimum Gasteiger partial charge on any atom is -0.394 e. The highest BCUT2D eigenvalue weighted by Gasteiger charge is 2.60. The van der Waals surface area contributed by atoms with Crippen LogP contribution in [0, 0.1) is 0 Å². The van der Waals surface area contributed by atoms with Crippen LogP contribution >= 0.6 is 0 Å². The van der Waals surface area contributed by atoms with Crippen molar-refractivity contribution in [1.29, 1.82) is 0 Å². The lowest BCUT2D eigenvalue weighted by atomic mass is 9.95. The van der Waals surface area contributed by atoms with Gasteiger partial charge in [0.25, 0.3) is 0 Å². The van der Waals surface area contributed by atoms with Crippen molar-refractivity contribution < 1.29 is 173 Å². The summed E-state index contributed by atoms with van der Waals surface area (Å²) in [5.74, 6) is 0. The lowest BCUT2D eigenvalue weighted by Crippen LogP contribution is -2.68. The summed E-state index contributed by atoms with van der Waals surface area (Å²) in [6.45, 7) is -6.99. The fourth-order valence-corrected chi connectivity index (χ4v) is 11.2. The van der Waals surface area contributed by atoms with E-state index in [9.17, 15) is 102 Å². The molecule has 22 N–H and O–H groups in total. The second-order valence-electron chi connectivity index (χ2n) is 21.3. The average molecular weight is 1220 g/mol. The van der Waals surface area contributed by atoms with Crippen molar-refractivity contribution in [2.75, 3.05) is 59.4 Å². The third-order valence-corrected chi connectivity index (χ3v) is 15.9. The van der Waals surface area contributed by atoms with E-state index < -0.39 is 261 Å². The number of ether oxygens (including phenoxy) is 15. The normalized spacial score (nSPS) is 52.2. The van der Waals surface area contributed by atoms with E-state index in [0.717, 1.165) is 0 Å². The maximum Gasteiger partial charge on any atom is 0.187 e. The summed E-state index contributed by atoms with van der Waals surface area (Å²) in [5.41, 5.74) is 5.65. The zero-order chi connectivity index (χ0) is 60.3. The average Bonchev–Trinajstić information content (AvgIpc) is 3.29. The van der Waals surface area contributed by atoms with Crippen molar-refractivity contribution in [1.82, 2.24) is 0 Å². The Morgan fingerprint density at radius 2 is 0.446 bits per heavy atom. The SMILES string of the molecule is NCCCCCO[C@H]1[C@H]2O[C@H]3[C@H](O)[C@@H](O)[C@@H](O[C@H]4[C@H](O)[C@@H](O)[C@@H](O[C@H]5[C@H](O)[C@@H](O)[C@@H](O[C@H]6[C@H](O)[C@@H](O)[C@@H](O[C@H]7[C@H](O)[C@@H](O)[C@@H](O[C@H]8[C@H](O)[C@@H](O)[C@@H](O[C@@H]([C@@H]1O)[C@@H](CO)O2)O[C@@H]8CO)O[C@@H]7CO)O[C@@H]6CO)O[C@@H]5CO)O[C@@H]4CO)O[C@@H]3CO. The van der Waals surface area contributed by atoms with Crippen LogP contribution in [0.2, 0.25) is 0 Å². The van der Waals surface area contributed by atoms with Gasteiger partial charge in [-0.15, -0.1) is 0 Å². The van der Waals surface area contributed by atoms with Crippen molar-refractivity contribution in [2.24, 2.45) is 5.73 Å². The van der Waals surface area contributed by atoms with E-state index in [1.54, 1.807) is 0 Å². The zero-order valence-electron chi connectivity index (χ0n) is 44.3. The molecule has 0 aromatic carbocycles. The molecular weight excluding hydrogens is 1140 g/mol. The smallest absolute Gasteiger partial charge is 0.187 e. The van der Waals surface area contributed by atoms with E-state index in [4.69, 9.17) is 76.8 Å². The summed E-state index contributed by atoms with van der Waals surface area (Å²) in [5, 5.41) is 222. The number of fused-ring (bicyclic) bond motifs is 7. The fraction of sp³-hybridized carbons (Fsp3) is 1.00. The van der Waals surface area contributed by atoms with Gasteiger partial charge >= 0.3 is 0 Å². The second-order valence-corrected chi connectivity index (χ2v) is 21.3. The third-order valence-electron chi connectivity index (χ3n) is 15.9. The number of unbranched alkanes of at least 4 members (excludes halogenated alkanes) is 2. The molecule has 0 aromatic heterocycles. The fourth-order valence-electron chi connectivity index (χ4n) is 11.2. The van der Waals surface area contributed by atoms with Gasteiger partial charge in [-0.2, -0.15) is 0 Å². The molecule has 83 heavy (non-hydrogen) atoms. The van der Waals surface area contributed by atoms with Crippen molar-refractivity contribution in [3.63, 3.8) is 0 Å². The summed E-state index contributed by atoms with van der Waals surface area (Å²) >= 11 is 0. The van der Waals surface area contributed by atoms with E-state index in [1.807, 2.05) is 0 Å². The quantitative estimate of drug-likeness (QED) is 0.0762. The minimum absolute atomic E-state index is 0.123. The predicted molar refractivity (Wildman–Crippen MR) is 255 cm³/mol. The number of hydrogen-bond acceptors (Lipinski definition) is 36. The van der Waals surface area contributed by atoms with Crippen LogP contribution in [0.4, 0.5) is 0 Å². The van der Waals surface area contributed by atoms with E-state index in [2.05, 4.69) is 0 Å². The second kappa shape index (κ2) is 29.9. The van der Waals surface area contributed by atoms with Crippen LogP contribution in [0.3, 0.4) is 0 Å². The topological polar surface area (TPSA) is 569 Å². The molecule has 0 saturated carbocycles. The van der Waals surface area contributed by atoms with Crippen molar-refractivity contribution in [3.05, 3.63) is 0 Å². The Kier molecular flexibility index (Phi) is 24.3. The van der Waals surface area contributed by atoms with Crippen molar-refractivity contribution in [3.8, 4) is 0 Å². The molecule has 0 radical (unpaired) electrons. The molecule has 0 unspecified atom stereocenters. The molecule has 15 saturated heterocycles. The van der Waals surface area contributed by atoms with Gasteiger partial charge in [0.15, 0.2) is 44.0 Å². The molecule has 15 aliphatic rings. The summed E-state index contributed by atoms with van der Waals surface area (Å²) in [6, 6.07) is 0. The monoisotopic (exact) mass is 1220 g/mol. The van der Waals surface area contributed by atoms with Crippen LogP contribution in [0.25, 0.3) is 0 Å². The Labute approximate surface area is 471 Å². The number of aliphatic hydroxyl groups excluding tert-OH is 20. The van der Waals surface area contributed by atoms with Crippen LogP contribution in [-0.2, 0) is 71.1 Å². The summed E-state index contributed by atoms with van der Waals surface area (Å²) < 4.78 is 87.3. The minimum atomic E-state index is -2.21. The number of aliphatic hydroxyl groups is 20. The van der Waals surface area contributed by atoms with E-state index in [-0.39, 0.29) is 6.61 Å². The Morgan fingerprint density at radius 3 is 0.663 bits per heavy atom. The maximum absolute atomic E-state index is 12.0. The molecular formula is C47H81NO35. The molecule has 0 aromatic rings. The number of rotatable bonds is 13. The third kappa shape index (κ3) is 14.1. The highest BCUT2D eigenvalue weighted by atomic mass is 16.8. The van der Waals surface area contributed by atoms with Crippen LogP contribution in [0.5, 0.6) is 0 Å². The predicted octanol–water partition coefficient (Wildman–Crippen LogP) is -14.1. The van der Waals surface area contributed by atoms with Crippen molar-refractivity contribution in [2.45, 2.75) is 234 Å². The summed E-state index contributed by atoms with van der Waals surface area (Å²) in [6.07, 6.45) is -67.3. The number of hydrogen-bond donors (Lipinski definition) is 21. The Balaban J connectivity index is 1.10. The van der Waals surface area contributed by atoms with Crippen LogP contribution < -0.4 is 5.73 Å². The van der Waals surface area contributed by atoms with Gasteiger partial charge in [-0.3, -0.25) is 0 Å². The van der Waals surface area contributed by atoms with Gasteiger partial charge in [0.05, 0.1) is 46.2 Å². The highest BCUT2D eigenvalue weighted by Crippen LogP contribution is 2.39. The number of nitrogens with two attached hydrogens (primary N) is 1. The molecule has 0 spiro atoms. The van der Waals surface area contributed by atoms with Gasteiger partial charge in [-0.1, -0.05) is 0 Å². The first-order valence-electron chi connectivity index (χ1n) is 27.3. The van der Waals surface area contributed by atoms with Gasteiger partial charge in [0, 0.05) is 6.61 Å². The zero-order valence-corrected chi connectivity index (χ0v) is 44.3. The standard InChI is InChI=1S/C47H81NO35/c48-4-2-1-3-5-69-40-32(68)39-19(12-55)76-47(40)83-38-18(11-54)75-45(31(67)25(38)61)81-36-16(9-52)73-43(29(65)23(36)59)79-34-14(7-50)71-41(27(63)21(34)57)77-33-13(6-49)70-42(26(62)20(33)56)78-35-15(8-51)72-44(28(64)22(35)58)80-37-17(10-53)74-46(82-39)30(66)24(37)60/h13-47,49-68H,1-12,48H2/t13-,14-,15-,16-,17-,18-,19-,20-,21-,22-,23-,24-,25-,26-,27-,28-,29-,30-,31-,32+,33-,34-,35-,36-,37-,38-,39-,40-,41-,42-,43-,44-,45-,46-,47-/m1/s1. The van der Waals surface area contributed by atoms with Crippen LogP contribution in [0.1, 0.15) is 19.3 Å². The maximum atomic E-state index is 12.0. The van der Waals surface area contributed by atoms with Gasteiger partial charge in [0.1, 0.15) is 171 Å². The van der Waals surface area contributed by atoms with E-state index in [1.165, 1.54) is 0 Å². The Morgan fingerprint density at radius 1 is 0.241 bits per heavy atom. The molecule has 484 valence electrons. The van der Waals surface area contributed by atoms with Crippen LogP contribution in [0.15, 0.2) is 0 Å². The van der Waals surface area contributed by atoms with Crippen molar-refractivity contribution >= 4 is 0 Å². The molecule has 14 bridgehead atoms. The molecule has 15 fully saturated rings. The molecule has 0 aliphatic carbocycles. The lowest BCUT2D eigenvalue weighted by molar-refractivity contribution is -0.398. The molecule has 0 amide bonds. The molecule has 15 rings (SSSR count). The van der Waals surface area contributed by atoms with Gasteiger partial charge < -0.3 is 179 Å². The molecule has 36 nitrogen and oxygen atoms in total. The Hall–Kier alpha value is -1.44. The first-order valence-corrected chi connectivity index (χ1v) is 27.3. The van der Waals surface area contributed by atoms with E-state index >= 15 is 0 Å². The van der Waals surface area contributed by atoms with Gasteiger partial charge in [-0.05, 0) is 25.8 Å². The molecule has 36 heteroatoms. The molecule has 35 atom stereocenters. The lowest BCUT2D eigenvalue weighted by Gasteiger charge is -2.50. The van der Waals surface area contributed by atoms with Crippen LogP contribution in [-0.4, -0.2) is 376 Å². The van der Waals surface area contributed by atoms with Gasteiger partial charge in [-0.25, -0.2) is 0 Å². The summed E-state index contributed by atoms with van der Waals surface area (Å²) in [7, 11) is 0. The molecule has 15 heterocycles. The first-order chi connectivity index (χ1) is 39.7.